The van der Waals surface area contributed by atoms with Gasteiger partial charge in [0.15, 0.2) is 5.82 Å². The van der Waals surface area contributed by atoms with Crippen molar-refractivity contribution in [3.63, 3.8) is 0 Å². The summed E-state index contributed by atoms with van der Waals surface area (Å²) < 4.78 is 5.02. The van der Waals surface area contributed by atoms with Gasteiger partial charge in [-0.1, -0.05) is 32.0 Å². The van der Waals surface area contributed by atoms with Gasteiger partial charge in [0.2, 0.25) is 5.95 Å². The smallest absolute Gasteiger partial charge is 0.244 e. The van der Waals surface area contributed by atoms with E-state index in [0.717, 1.165) is 18.7 Å². The molecule has 0 amide bonds. The van der Waals surface area contributed by atoms with Gasteiger partial charge in [0.05, 0.1) is 6.20 Å². The quantitative estimate of drug-likeness (QED) is 0.727. The molecular formula is C17H25N5O. The van der Waals surface area contributed by atoms with E-state index >= 15 is 0 Å². The number of hydrogen-bond donors (Lipinski definition) is 2. The van der Waals surface area contributed by atoms with E-state index in [0.29, 0.717) is 24.3 Å². The molecule has 2 rings (SSSR count). The van der Waals surface area contributed by atoms with Gasteiger partial charge in [-0.05, 0) is 30.4 Å². The number of rotatable bonds is 8. The van der Waals surface area contributed by atoms with E-state index in [-0.39, 0.29) is 0 Å². The predicted molar refractivity (Wildman–Crippen MR) is 93.4 cm³/mol. The number of methoxy groups -OCH3 is 1. The summed E-state index contributed by atoms with van der Waals surface area (Å²) in [6.45, 7) is 7.91. The normalized spacial score (nSPS) is 10.8. The fourth-order valence-electron chi connectivity index (χ4n) is 2.33. The molecule has 1 aromatic heterocycles. The molecule has 0 aliphatic carbocycles. The molecule has 6 heteroatoms. The number of aryl methyl sites for hydroxylation is 1. The second kappa shape index (κ2) is 8.43. The molecule has 0 radical (unpaired) electrons. The molecule has 0 fully saturated rings. The molecule has 2 N–H and O–H groups in total. The van der Waals surface area contributed by atoms with E-state index in [1.165, 1.54) is 11.1 Å². The summed E-state index contributed by atoms with van der Waals surface area (Å²) in [4.78, 5) is 4.47. The standard InChI is InChI=1S/C17H25N5O/c1-12(2)14-8-5-7-13(3)16(14)20-15-11-19-22-17(21-15)18-9-6-10-23-4/h5,7-8,11-12H,6,9-10H2,1-4H3,(H2,18,20,21,22). The third kappa shape index (κ3) is 4.89. The monoisotopic (exact) mass is 315 g/mol. The van der Waals surface area contributed by atoms with Crippen LogP contribution in [0.15, 0.2) is 24.4 Å². The Balaban J connectivity index is 2.12. The number of aromatic nitrogens is 3. The van der Waals surface area contributed by atoms with E-state index in [1.807, 2.05) is 0 Å². The summed E-state index contributed by atoms with van der Waals surface area (Å²) in [5.74, 6) is 1.63. The van der Waals surface area contributed by atoms with Gasteiger partial charge in [0.25, 0.3) is 0 Å². The molecular weight excluding hydrogens is 290 g/mol. The topological polar surface area (TPSA) is 72.0 Å². The van der Waals surface area contributed by atoms with E-state index in [1.54, 1.807) is 13.3 Å². The molecule has 23 heavy (non-hydrogen) atoms. The SMILES string of the molecule is COCCCNc1nncc(Nc2c(C)cccc2C(C)C)n1. The third-order valence-corrected chi connectivity index (χ3v) is 3.55. The average molecular weight is 315 g/mol. The highest BCUT2D eigenvalue weighted by Crippen LogP contribution is 2.29. The Kier molecular flexibility index (Phi) is 6.29. The highest BCUT2D eigenvalue weighted by atomic mass is 16.5. The molecule has 0 aliphatic heterocycles. The lowest BCUT2D eigenvalue weighted by atomic mass is 9.98. The molecule has 6 nitrogen and oxygen atoms in total. The Hall–Kier alpha value is -2.21. The number of ether oxygens (including phenoxy) is 1. The van der Waals surface area contributed by atoms with Crippen molar-refractivity contribution in [1.82, 2.24) is 15.2 Å². The minimum Gasteiger partial charge on any atom is -0.385 e. The zero-order chi connectivity index (χ0) is 16.7. The van der Waals surface area contributed by atoms with Crippen molar-refractivity contribution in [1.29, 1.82) is 0 Å². The van der Waals surface area contributed by atoms with Gasteiger partial charge in [0, 0.05) is 25.9 Å². The molecule has 124 valence electrons. The number of anilines is 3. The molecule has 0 atom stereocenters. The molecule has 0 spiro atoms. The zero-order valence-electron chi connectivity index (χ0n) is 14.3. The number of nitrogens with one attached hydrogen (secondary N) is 2. The Labute approximate surface area is 137 Å². The fourth-order valence-corrected chi connectivity index (χ4v) is 2.33. The molecule has 0 bridgehead atoms. The van der Waals surface area contributed by atoms with Crippen LogP contribution in [0.3, 0.4) is 0 Å². The maximum Gasteiger partial charge on any atom is 0.244 e. The first-order valence-electron chi connectivity index (χ1n) is 7.91. The molecule has 0 saturated heterocycles. The highest BCUT2D eigenvalue weighted by molar-refractivity contribution is 5.65. The van der Waals surface area contributed by atoms with Crippen LogP contribution < -0.4 is 10.6 Å². The van der Waals surface area contributed by atoms with Gasteiger partial charge >= 0.3 is 0 Å². The minimum absolute atomic E-state index is 0.429. The van der Waals surface area contributed by atoms with Crippen molar-refractivity contribution in [3.05, 3.63) is 35.5 Å². The highest BCUT2D eigenvalue weighted by Gasteiger charge is 2.10. The fraction of sp³-hybridized carbons (Fsp3) is 0.471. The van der Waals surface area contributed by atoms with Crippen molar-refractivity contribution in [2.75, 3.05) is 30.9 Å². The lowest BCUT2D eigenvalue weighted by Crippen LogP contribution is -2.10. The van der Waals surface area contributed by atoms with Crippen LogP contribution in [0.2, 0.25) is 0 Å². The van der Waals surface area contributed by atoms with Gasteiger partial charge in [0.1, 0.15) is 0 Å². The summed E-state index contributed by atoms with van der Waals surface area (Å²) in [5, 5.41) is 14.6. The number of nitrogens with zero attached hydrogens (tertiary/aromatic N) is 3. The van der Waals surface area contributed by atoms with Crippen molar-refractivity contribution in [2.45, 2.75) is 33.1 Å². The van der Waals surface area contributed by atoms with Gasteiger partial charge in [-0.15, -0.1) is 5.10 Å². The van der Waals surface area contributed by atoms with Crippen molar-refractivity contribution in [3.8, 4) is 0 Å². The van der Waals surface area contributed by atoms with Crippen LogP contribution in [-0.4, -0.2) is 35.4 Å². The van der Waals surface area contributed by atoms with E-state index in [2.05, 4.69) is 64.8 Å². The lowest BCUT2D eigenvalue weighted by Gasteiger charge is -2.16. The Morgan fingerprint density at radius 2 is 2.09 bits per heavy atom. The van der Waals surface area contributed by atoms with Crippen molar-refractivity contribution in [2.24, 2.45) is 0 Å². The van der Waals surface area contributed by atoms with Gasteiger partial charge in [-0.3, -0.25) is 0 Å². The number of hydrogen-bond acceptors (Lipinski definition) is 6. The minimum atomic E-state index is 0.429. The first kappa shape index (κ1) is 17.1. The first-order valence-corrected chi connectivity index (χ1v) is 7.91. The predicted octanol–water partition coefficient (Wildman–Crippen LogP) is 3.50. The molecule has 0 unspecified atom stereocenters. The molecule has 2 aromatic rings. The summed E-state index contributed by atoms with van der Waals surface area (Å²) in [6, 6.07) is 6.31. The Bertz CT molecular complexity index is 630. The van der Waals surface area contributed by atoms with Crippen LogP contribution in [0.4, 0.5) is 17.5 Å². The van der Waals surface area contributed by atoms with Crippen LogP contribution in [0.25, 0.3) is 0 Å². The van der Waals surface area contributed by atoms with Crippen molar-refractivity contribution >= 4 is 17.5 Å². The summed E-state index contributed by atoms with van der Waals surface area (Å²) >= 11 is 0. The summed E-state index contributed by atoms with van der Waals surface area (Å²) in [6.07, 6.45) is 2.53. The van der Waals surface area contributed by atoms with Gasteiger partial charge in [-0.25, -0.2) is 0 Å². The molecule has 0 aliphatic rings. The van der Waals surface area contributed by atoms with Crippen LogP contribution >= 0.6 is 0 Å². The summed E-state index contributed by atoms with van der Waals surface area (Å²) in [5.41, 5.74) is 3.54. The molecule has 1 heterocycles. The Morgan fingerprint density at radius 3 is 2.83 bits per heavy atom. The van der Waals surface area contributed by atoms with Gasteiger partial charge in [-0.2, -0.15) is 10.1 Å². The second-order valence-electron chi connectivity index (χ2n) is 5.76. The second-order valence-corrected chi connectivity index (χ2v) is 5.76. The van der Waals surface area contributed by atoms with Crippen LogP contribution in [0, 0.1) is 6.92 Å². The van der Waals surface area contributed by atoms with Crippen LogP contribution in [0.5, 0.6) is 0 Å². The molecule has 1 aromatic carbocycles. The van der Waals surface area contributed by atoms with E-state index in [4.69, 9.17) is 4.74 Å². The number of para-hydroxylation sites is 1. The average Bonchev–Trinajstić information content (AvgIpc) is 2.54. The van der Waals surface area contributed by atoms with E-state index in [9.17, 15) is 0 Å². The third-order valence-electron chi connectivity index (χ3n) is 3.55. The lowest BCUT2D eigenvalue weighted by molar-refractivity contribution is 0.197. The Morgan fingerprint density at radius 1 is 1.26 bits per heavy atom. The first-order chi connectivity index (χ1) is 11.1. The largest absolute Gasteiger partial charge is 0.385 e. The van der Waals surface area contributed by atoms with Crippen molar-refractivity contribution < 1.29 is 4.74 Å². The van der Waals surface area contributed by atoms with E-state index < -0.39 is 0 Å². The van der Waals surface area contributed by atoms with Gasteiger partial charge < -0.3 is 15.4 Å². The zero-order valence-corrected chi connectivity index (χ0v) is 14.3. The maximum atomic E-state index is 5.02. The number of benzene rings is 1. The van der Waals surface area contributed by atoms with Crippen LogP contribution in [-0.2, 0) is 4.74 Å². The molecule has 0 saturated carbocycles. The summed E-state index contributed by atoms with van der Waals surface area (Å²) in [7, 11) is 1.69. The van der Waals surface area contributed by atoms with Crippen LogP contribution in [0.1, 0.15) is 37.3 Å². The maximum absolute atomic E-state index is 5.02.